The van der Waals surface area contributed by atoms with Gasteiger partial charge in [0.2, 0.25) is 0 Å². The van der Waals surface area contributed by atoms with E-state index < -0.39 is 32.0 Å². The largest absolute Gasteiger partial charge is 0.573 e. The van der Waals surface area contributed by atoms with Crippen molar-refractivity contribution in [3.05, 3.63) is 59.7 Å². The Labute approximate surface area is 191 Å². The van der Waals surface area contributed by atoms with E-state index in [1.165, 1.54) is 24.3 Å². The maximum atomic E-state index is 12.7. The number of aryl methyl sites for hydroxylation is 2. The van der Waals surface area contributed by atoms with Gasteiger partial charge in [0.1, 0.15) is 24.2 Å². The van der Waals surface area contributed by atoms with Crippen molar-refractivity contribution in [2.75, 3.05) is 20.2 Å². The van der Waals surface area contributed by atoms with Crippen LogP contribution < -0.4 is 9.47 Å². The molecule has 0 spiro atoms. The normalized spacial score (nSPS) is 13.4. The first-order valence-corrected chi connectivity index (χ1v) is 10.1. The smallest absolute Gasteiger partial charge is 0.491 e. The lowest BCUT2D eigenvalue weighted by molar-refractivity contribution is -0.345. The number of hydrogen-bond donors (Lipinski definition) is 0. The van der Waals surface area contributed by atoms with Crippen LogP contribution in [0.3, 0.4) is 0 Å². The summed E-state index contributed by atoms with van der Waals surface area (Å²) in [5, 5.41) is 0. The number of nitrogens with zero attached hydrogens (tertiary/aromatic N) is 1. The zero-order valence-electron chi connectivity index (χ0n) is 18.0. The molecule has 0 N–H and O–H groups in total. The van der Waals surface area contributed by atoms with Crippen LogP contribution >= 0.6 is 0 Å². The van der Waals surface area contributed by atoms with Crippen molar-refractivity contribution < 1.29 is 49.3 Å². The second-order valence-corrected chi connectivity index (χ2v) is 7.35. The van der Waals surface area contributed by atoms with E-state index in [0.29, 0.717) is 28.9 Å². The van der Waals surface area contributed by atoms with E-state index >= 15 is 0 Å². The molecule has 12 heteroatoms. The van der Waals surface area contributed by atoms with Gasteiger partial charge in [-0.2, -0.15) is 8.78 Å². The fraction of sp³-hybridized carbons (Fsp3) is 0.455. The molecule has 0 aromatic heterocycles. The number of hydrogen-bond acceptors (Lipinski definition) is 4. The van der Waals surface area contributed by atoms with Crippen molar-refractivity contribution in [3.63, 3.8) is 0 Å². The molecule has 0 aliphatic heterocycles. The van der Waals surface area contributed by atoms with Gasteiger partial charge in [-0.25, -0.2) is 0 Å². The van der Waals surface area contributed by atoms with E-state index in [4.69, 9.17) is 4.74 Å². The third-order valence-electron chi connectivity index (χ3n) is 4.65. The number of halogens is 8. The monoisotopic (exact) mass is 501 g/mol. The predicted octanol–water partition coefficient (Wildman–Crippen LogP) is 6.20. The van der Waals surface area contributed by atoms with Crippen molar-refractivity contribution in [2.45, 2.75) is 44.6 Å². The van der Waals surface area contributed by atoms with E-state index in [1.54, 1.807) is 24.3 Å². The number of ether oxygens (including phenoxy) is 3. The lowest BCUT2D eigenvalue weighted by Crippen LogP contribution is -2.34. The van der Waals surface area contributed by atoms with Crippen LogP contribution in [0.2, 0.25) is 0 Å². The maximum absolute atomic E-state index is 12.7. The third kappa shape index (κ3) is 10.6. The van der Waals surface area contributed by atoms with E-state index in [0.717, 1.165) is 7.05 Å². The Morgan fingerprint density at radius 3 is 2.24 bits per heavy atom. The molecule has 0 bridgehead atoms. The highest BCUT2D eigenvalue weighted by Gasteiger charge is 2.34. The van der Waals surface area contributed by atoms with Crippen LogP contribution in [0.1, 0.15) is 17.5 Å². The molecule has 0 aliphatic carbocycles. The minimum atomic E-state index is -4.97. The fourth-order valence-electron chi connectivity index (χ4n) is 3.02. The molecular formula is C22H23F8NO3. The van der Waals surface area contributed by atoms with Crippen LogP contribution in [0.25, 0.3) is 0 Å². The summed E-state index contributed by atoms with van der Waals surface area (Å²) in [6.45, 7) is -3.71. The van der Waals surface area contributed by atoms with Crippen LogP contribution in [0.5, 0.6) is 11.5 Å². The summed E-state index contributed by atoms with van der Waals surface area (Å²) in [6, 6.07) is 11.9. The molecule has 0 saturated heterocycles. The van der Waals surface area contributed by atoms with E-state index in [1.807, 2.05) is 0 Å². The van der Waals surface area contributed by atoms with Crippen LogP contribution in [0.4, 0.5) is 35.1 Å². The highest BCUT2D eigenvalue weighted by molar-refractivity contribution is 5.35. The zero-order valence-corrected chi connectivity index (χ0v) is 18.0. The average molecular weight is 501 g/mol. The Kier molecular flexibility index (Phi) is 9.92. The van der Waals surface area contributed by atoms with Crippen LogP contribution in [0, 0.1) is 0 Å². The summed E-state index contributed by atoms with van der Waals surface area (Å²) in [4.78, 5) is 0.581. The molecule has 1 unspecified atom stereocenters. The quantitative estimate of drug-likeness (QED) is 0.256. The molecule has 2 aromatic rings. The third-order valence-corrected chi connectivity index (χ3v) is 4.65. The summed E-state index contributed by atoms with van der Waals surface area (Å²) in [6.07, 6.45) is -11.1. The molecule has 2 rings (SSSR count). The van der Waals surface area contributed by atoms with Gasteiger partial charge in [0, 0.05) is 6.54 Å². The minimum absolute atomic E-state index is 0.253. The molecule has 0 radical (unpaired) electrons. The van der Waals surface area contributed by atoms with Crippen molar-refractivity contribution in [1.82, 2.24) is 4.90 Å². The predicted molar refractivity (Wildman–Crippen MR) is 107 cm³/mol. The van der Waals surface area contributed by atoms with Gasteiger partial charge in [0.05, 0.1) is 0 Å². The Bertz CT molecular complexity index is 889. The Hall–Kier alpha value is -2.60. The zero-order chi connectivity index (χ0) is 25.4. The molecule has 4 nitrogen and oxygen atoms in total. The first kappa shape index (κ1) is 27.6. The fourth-order valence-corrected chi connectivity index (χ4v) is 3.02. The van der Waals surface area contributed by atoms with E-state index in [-0.39, 0.29) is 24.5 Å². The molecular weight excluding hydrogens is 478 g/mol. The standard InChI is InChI=1S/C22H23F8NO3/c1-31(20(23)24)12-11-18(34-22(28,29)30)14-32-19-8-3-2-6-16(19)10-9-15-5-4-7-17(13-15)33-21(25,26)27/h2-8,13,18,20H,9-12,14H2,1H3. The van der Waals surface area contributed by atoms with Gasteiger partial charge in [-0.15, -0.1) is 26.3 Å². The second-order valence-electron chi connectivity index (χ2n) is 7.35. The maximum Gasteiger partial charge on any atom is 0.573 e. The summed E-state index contributed by atoms with van der Waals surface area (Å²) >= 11 is 0. The molecule has 190 valence electrons. The summed E-state index contributed by atoms with van der Waals surface area (Å²) in [5.74, 6) is -0.112. The molecule has 0 fully saturated rings. The number of benzene rings is 2. The summed E-state index contributed by atoms with van der Waals surface area (Å²) in [5.41, 5.74) is 1.14. The molecule has 34 heavy (non-hydrogen) atoms. The first-order chi connectivity index (χ1) is 15.8. The Morgan fingerprint density at radius 2 is 1.59 bits per heavy atom. The first-order valence-electron chi connectivity index (χ1n) is 10.1. The molecule has 0 amide bonds. The highest BCUT2D eigenvalue weighted by Crippen LogP contribution is 2.26. The number of rotatable bonds is 12. The number of alkyl halides is 8. The van der Waals surface area contributed by atoms with Gasteiger partial charge in [-0.1, -0.05) is 30.3 Å². The number of para-hydroxylation sites is 1. The lowest BCUT2D eigenvalue weighted by atomic mass is 10.0. The molecule has 0 aliphatic rings. The van der Waals surface area contributed by atoms with E-state index in [9.17, 15) is 35.1 Å². The molecule has 1 atom stereocenters. The second kappa shape index (κ2) is 12.2. The van der Waals surface area contributed by atoms with Gasteiger partial charge in [0.15, 0.2) is 0 Å². The average Bonchev–Trinajstić information content (AvgIpc) is 2.72. The molecule has 0 heterocycles. The van der Waals surface area contributed by atoms with E-state index in [2.05, 4.69) is 9.47 Å². The van der Waals surface area contributed by atoms with Gasteiger partial charge < -0.3 is 9.47 Å². The van der Waals surface area contributed by atoms with Crippen molar-refractivity contribution >= 4 is 0 Å². The van der Waals surface area contributed by atoms with Crippen molar-refractivity contribution in [3.8, 4) is 11.5 Å². The van der Waals surface area contributed by atoms with Gasteiger partial charge in [-0.05, 0) is 55.6 Å². The Balaban J connectivity index is 2.02. The van der Waals surface area contributed by atoms with Gasteiger partial charge in [-0.3, -0.25) is 9.64 Å². The van der Waals surface area contributed by atoms with Crippen LogP contribution in [-0.4, -0.2) is 50.5 Å². The van der Waals surface area contributed by atoms with Crippen molar-refractivity contribution in [2.24, 2.45) is 0 Å². The minimum Gasteiger partial charge on any atom is -0.491 e. The Morgan fingerprint density at radius 1 is 0.882 bits per heavy atom. The van der Waals surface area contributed by atoms with Gasteiger partial charge in [0.25, 0.3) is 6.55 Å². The van der Waals surface area contributed by atoms with Crippen LogP contribution in [-0.2, 0) is 17.6 Å². The lowest BCUT2D eigenvalue weighted by Gasteiger charge is -2.23. The van der Waals surface area contributed by atoms with Crippen molar-refractivity contribution in [1.29, 1.82) is 0 Å². The van der Waals surface area contributed by atoms with Gasteiger partial charge >= 0.3 is 12.7 Å². The SMILES string of the molecule is CN(CCC(COc1ccccc1CCc1cccc(OC(F)(F)F)c1)OC(F)(F)F)C(F)F. The summed E-state index contributed by atoms with van der Waals surface area (Å²) < 4.78 is 114. The summed E-state index contributed by atoms with van der Waals surface area (Å²) in [7, 11) is 1.07. The molecule has 0 saturated carbocycles. The van der Waals surface area contributed by atoms with Crippen LogP contribution in [0.15, 0.2) is 48.5 Å². The topological polar surface area (TPSA) is 30.9 Å². The highest BCUT2D eigenvalue weighted by atomic mass is 19.4. The molecule has 2 aromatic carbocycles.